The minimum atomic E-state index is -0.721. The zero-order valence-corrected chi connectivity index (χ0v) is 15.5. The zero-order valence-electron chi connectivity index (χ0n) is 15.5. The maximum atomic E-state index is 12.5. The molecule has 0 bridgehead atoms. The highest BCUT2D eigenvalue weighted by atomic mass is 16.5. The summed E-state index contributed by atoms with van der Waals surface area (Å²) in [5, 5.41) is 0. The molecule has 140 valence electrons. The lowest BCUT2D eigenvalue weighted by molar-refractivity contribution is -0.925. The van der Waals surface area contributed by atoms with Crippen molar-refractivity contribution in [2.45, 2.75) is 45.7 Å². The Kier molecular flexibility index (Phi) is 5.27. The number of hydrogen-bond acceptors (Lipinski definition) is 4. The predicted octanol–water partition coefficient (Wildman–Crippen LogP) is 0.962. The molecule has 26 heavy (non-hydrogen) atoms. The molecule has 1 unspecified atom stereocenters. The van der Waals surface area contributed by atoms with Gasteiger partial charge in [-0.15, -0.1) is 0 Å². The highest BCUT2D eigenvalue weighted by Crippen LogP contribution is 2.22. The lowest BCUT2D eigenvalue weighted by Gasteiger charge is -2.25. The number of likely N-dealkylation sites (tertiary alicyclic amines) is 1. The molecule has 3 rings (SSSR count). The molecule has 4 amide bonds. The number of nitrogens with one attached hydrogen (secondary N) is 1. The maximum Gasteiger partial charge on any atom is 0.338 e. The van der Waals surface area contributed by atoms with Crippen LogP contribution in [0.3, 0.4) is 0 Å². The Labute approximate surface area is 153 Å². The van der Waals surface area contributed by atoms with Crippen LogP contribution in [0.25, 0.3) is 0 Å². The number of urea groups is 1. The number of amides is 4. The summed E-state index contributed by atoms with van der Waals surface area (Å²) in [5.41, 5.74) is 1.16. The third kappa shape index (κ3) is 3.31. The van der Waals surface area contributed by atoms with Gasteiger partial charge < -0.3 is 9.64 Å². The molecule has 0 aliphatic carbocycles. The normalized spacial score (nSPS) is 23.5. The van der Waals surface area contributed by atoms with Gasteiger partial charge in [-0.3, -0.25) is 14.5 Å². The molecule has 1 N–H and O–H groups in total. The molecular weight excluding hydrogens is 334 g/mol. The van der Waals surface area contributed by atoms with Gasteiger partial charge in [0.15, 0.2) is 6.67 Å². The average molecular weight is 360 g/mol. The first kappa shape index (κ1) is 18.4. The summed E-state index contributed by atoms with van der Waals surface area (Å²) in [6.45, 7) is 7.13. The fraction of sp³-hybridized carbons (Fsp3) is 0.526. The van der Waals surface area contributed by atoms with Crippen molar-refractivity contribution >= 4 is 17.8 Å². The smallest absolute Gasteiger partial charge is 0.338 e. The van der Waals surface area contributed by atoms with Crippen molar-refractivity contribution in [1.82, 2.24) is 9.80 Å². The maximum absolute atomic E-state index is 12.5. The summed E-state index contributed by atoms with van der Waals surface area (Å²) < 4.78 is 5.48. The molecule has 0 spiro atoms. The molecule has 2 aliphatic rings. The molecule has 1 aromatic carbocycles. The van der Waals surface area contributed by atoms with E-state index in [-0.39, 0.29) is 18.8 Å². The Bertz CT molecular complexity index is 701. The van der Waals surface area contributed by atoms with Crippen LogP contribution in [-0.4, -0.2) is 53.5 Å². The van der Waals surface area contributed by atoms with Crippen LogP contribution in [0, 0.1) is 0 Å². The quantitative estimate of drug-likeness (QED) is 0.606. The van der Waals surface area contributed by atoms with E-state index >= 15 is 0 Å². The van der Waals surface area contributed by atoms with Crippen LogP contribution in [0.1, 0.15) is 45.2 Å². The lowest BCUT2D eigenvalue weighted by atomic mass is 10.0. The second kappa shape index (κ2) is 7.45. The monoisotopic (exact) mass is 360 g/mol. The van der Waals surface area contributed by atoms with E-state index in [0.717, 1.165) is 45.4 Å². The number of nitrogens with zero attached hydrogens (tertiary/aromatic N) is 2. The number of rotatable bonds is 6. The molecule has 7 heteroatoms. The van der Waals surface area contributed by atoms with Gasteiger partial charge in [0.2, 0.25) is 0 Å². The van der Waals surface area contributed by atoms with Gasteiger partial charge in [0.1, 0.15) is 11.8 Å². The van der Waals surface area contributed by atoms with E-state index in [1.807, 2.05) is 31.2 Å². The summed E-state index contributed by atoms with van der Waals surface area (Å²) in [6, 6.07) is 7.37. The van der Waals surface area contributed by atoms with E-state index in [9.17, 15) is 14.4 Å². The zero-order chi connectivity index (χ0) is 18.8. The summed E-state index contributed by atoms with van der Waals surface area (Å²) in [5.74, 6) is -0.603. The fourth-order valence-electron chi connectivity index (χ4n) is 3.79. The number of hydrogen-bond donors (Lipinski definition) is 1. The topological polar surface area (TPSA) is 71.4 Å². The number of benzene rings is 1. The van der Waals surface area contributed by atoms with Crippen LogP contribution < -0.4 is 9.64 Å². The summed E-state index contributed by atoms with van der Waals surface area (Å²) in [7, 11) is 0. The highest BCUT2D eigenvalue weighted by Gasteiger charge is 2.48. The predicted molar refractivity (Wildman–Crippen MR) is 94.5 cm³/mol. The van der Waals surface area contributed by atoms with Crippen LogP contribution in [-0.2, 0) is 9.59 Å². The van der Waals surface area contributed by atoms with E-state index < -0.39 is 17.8 Å². The standard InChI is InChI=1S/C19H25N3O4/c1-4-26-15-9-7-14(8-10-15)16-6-5-11-20(16)12-21-17(23)18(24)22(13(2)3)19(21)25/h7-10,13,16H,4-6,11-12H2,1-3H3/p+1/t16-/m0/s1. The van der Waals surface area contributed by atoms with Crippen molar-refractivity contribution in [2.75, 3.05) is 19.8 Å². The number of carbonyl (C=O) groups is 3. The van der Waals surface area contributed by atoms with Gasteiger partial charge in [0.25, 0.3) is 0 Å². The van der Waals surface area contributed by atoms with Crippen LogP contribution in [0.15, 0.2) is 24.3 Å². The Morgan fingerprint density at radius 1 is 1.15 bits per heavy atom. The second-order valence-electron chi connectivity index (χ2n) is 7.05. The van der Waals surface area contributed by atoms with Crippen molar-refractivity contribution in [3.05, 3.63) is 29.8 Å². The SMILES string of the molecule is CCOc1ccc([C@@H]2CCC[NH+]2CN2C(=O)C(=O)N(C(C)C)C2=O)cc1. The van der Waals surface area contributed by atoms with Crippen molar-refractivity contribution in [2.24, 2.45) is 0 Å². The van der Waals surface area contributed by atoms with Gasteiger partial charge in [-0.05, 0) is 45.0 Å². The van der Waals surface area contributed by atoms with Crippen LogP contribution >= 0.6 is 0 Å². The van der Waals surface area contributed by atoms with Gasteiger partial charge in [-0.25, -0.2) is 9.69 Å². The minimum Gasteiger partial charge on any atom is -0.494 e. The Hall–Kier alpha value is -2.41. The Morgan fingerprint density at radius 3 is 2.42 bits per heavy atom. The van der Waals surface area contributed by atoms with E-state index in [1.165, 1.54) is 0 Å². The van der Waals surface area contributed by atoms with Crippen molar-refractivity contribution < 1.29 is 24.0 Å². The molecule has 7 nitrogen and oxygen atoms in total. The third-order valence-electron chi connectivity index (χ3n) is 5.04. The molecule has 0 aromatic heterocycles. The average Bonchev–Trinajstić information content (AvgIpc) is 3.15. The third-order valence-corrected chi connectivity index (χ3v) is 5.04. The largest absolute Gasteiger partial charge is 0.494 e. The van der Waals surface area contributed by atoms with Gasteiger partial charge in [0, 0.05) is 24.4 Å². The van der Waals surface area contributed by atoms with Gasteiger partial charge in [-0.2, -0.15) is 0 Å². The van der Waals surface area contributed by atoms with Gasteiger partial charge in [0.05, 0.1) is 13.2 Å². The van der Waals surface area contributed by atoms with Crippen molar-refractivity contribution in [3.8, 4) is 5.75 Å². The number of carbonyl (C=O) groups excluding carboxylic acids is 3. The summed E-state index contributed by atoms with van der Waals surface area (Å²) in [6.07, 6.45) is 2.01. The fourth-order valence-corrected chi connectivity index (χ4v) is 3.79. The molecule has 0 saturated carbocycles. The van der Waals surface area contributed by atoms with E-state index in [4.69, 9.17) is 4.74 Å². The summed E-state index contributed by atoms with van der Waals surface area (Å²) >= 11 is 0. The van der Waals surface area contributed by atoms with Crippen molar-refractivity contribution in [1.29, 1.82) is 0 Å². The van der Waals surface area contributed by atoms with Crippen LogP contribution in [0.4, 0.5) is 4.79 Å². The Morgan fingerprint density at radius 2 is 1.85 bits per heavy atom. The summed E-state index contributed by atoms with van der Waals surface area (Å²) in [4.78, 5) is 40.1. The van der Waals surface area contributed by atoms with Crippen molar-refractivity contribution in [3.63, 3.8) is 0 Å². The molecule has 2 aliphatic heterocycles. The first-order valence-corrected chi connectivity index (χ1v) is 9.20. The molecule has 0 radical (unpaired) electrons. The first-order valence-electron chi connectivity index (χ1n) is 9.20. The van der Waals surface area contributed by atoms with Crippen LogP contribution in [0.2, 0.25) is 0 Å². The minimum absolute atomic E-state index is 0.203. The molecule has 2 heterocycles. The second-order valence-corrected chi connectivity index (χ2v) is 7.05. The number of imide groups is 2. The molecule has 2 saturated heterocycles. The molecular formula is C19H26N3O4+. The van der Waals surface area contributed by atoms with E-state index in [2.05, 4.69) is 0 Å². The highest BCUT2D eigenvalue weighted by molar-refractivity contribution is 6.44. The van der Waals surface area contributed by atoms with Gasteiger partial charge in [-0.1, -0.05) is 0 Å². The van der Waals surface area contributed by atoms with E-state index in [0.29, 0.717) is 6.61 Å². The number of quaternary nitrogens is 1. The Balaban J connectivity index is 1.74. The number of ether oxygens (including phenoxy) is 1. The first-order chi connectivity index (χ1) is 12.4. The molecule has 1 aromatic rings. The van der Waals surface area contributed by atoms with Crippen LogP contribution in [0.5, 0.6) is 5.75 Å². The lowest BCUT2D eigenvalue weighted by Crippen LogP contribution is -3.12. The van der Waals surface area contributed by atoms with E-state index in [1.54, 1.807) is 13.8 Å². The molecule has 2 atom stereocenters. The van der Waals surface area contributed by atoms with Gasteiger partial charge >= 0.3 is 17.8 Å². The molecule has 2 fully saturated rings.